The Labute approximate surface area is 114 Å². The zero-order valence-electron chi connectivity index (χ0n) is 9.76. The Morgan fingerprint density at radius 2 is 2.22 bits per heavy atom. The van der Waals surface area contributed by atoms with Crippen LogP contribution >= 0.6 is 15.9 Å². The van der Waals surface area contributed by atoms with Crippen molar-refractivity contribution >= 4 is 31.6 Å². The van der Waals surface area contributed by atoms with Crippen LogP contribution in [0.5, 0.6) is 0 Å². The second-order valence-electron chi connectivity index (χ2n) is 3.64. The fraction of sp³-hybridized carbons (Fsp3) is 0.400. The predicted molar refractivity (Wildman–Crippen MR) is 71.6 cm³/mol. The summed E-state index contributed by atoms with van der Waals surface area (Å²) in [7, 11) is -2.24. The number of halogens is 1. The molecule has 8 heteroatoms. The molecule has 4 N–H and O–H groups in total. The van der Waals surface area contributed by atoms with Gasteiger partial charge in [0, 0.05) is 23.8 Å². The third kappa shape index (κ3) is 4.21. The number of rotatable bonds is 6. The van der Waals surface area contributed by atoms with Crippen molar-refractivity contribution in [1.82, 2.24) is 4.72 Å². The summed E-state index contributed by atoms with van der Waals surface area (Å²) in [6, 6.07) is 4.29. The van der Waals surface area contributed by atoms with Gasteiger partial charge in [-0.2, -0.15) is 0 Å². The summed E-state index contributed by atoms with van der Waals surface area (Å²) in [6.07, 6.45) is -0.887. The monoisotopic (exact) mass is 338 g/mol. The first kappa shape index (κ1) is 15.4. The van der Waals surface area contributed by atoms with E-state index in [1.165, 1.54) is 25.3 Å². The van der Waals surface area contributed by atoms with E-state index in [9.17, 15) is 13.5 Å². The van der Waals surface area contributed by atoms with Gasteiger partial charge in [0.1, 0.15) is 0 Å². The van der Waals surface area contributed by atoms with E-state index in [-0.39, 0.29) is 18.0 Å². The summed E-state index contributed by atoms with van der Waals surface area (Å²) in [6.45, 7) is -0.0495. The Kier molecular flexibility index (Phi) is 5.54. The van der Waals surface area contributed by atoms with E-state index in [1.807, 2.05) is 0 Å². The molecule has 102 valence electrons. The highest BCUT2D eigenvalue weighted by Gasteiger charge is 2.16. The summed E-state index contributed by atoms with van der Waals surface area (Å²) < 4.78 is 31.2. The minimum atomic E-state index is -3.66. The molecule has 1 aromatic rings. The largest absolute Gasteiger partial charge is 0.398 e. The standard InChI is InChI=1S/C10H15BrN2O4S/c1-17-6-7(14)5-13-18(15,16)8-2-3-10(12)9(11)4-8/h2-4,7,13-14H,5-6,12H2,1H3. The molecule has 0 bridgehead atoms. The predicted octanol–water partition coefficient (Wildman–Crippen LogP) is 0.317. The number of ether oxygens (including phenoxy) is 1. The van der Waals surface area contributed by atoms with E-state index in [1.54, 1.807) is 0 Å². The maximum atomic E-state index is 11.9. The smallest absolute Gasteiger partial charge is 0.240 e. The van der Waals surface area contributed by atoms with Crippen molar-refractivity contribution in [3.8, 4) is 0 Å². The molecule has 0 fully saturated rings. The lowest BCUT2D eigenvalue weighted by Crippen LogP contribution is -2.34. The quantitative estimate of drug-likeness (QED) is 0.648. The molecule has 0 heterocycles. The van der Waals surface area contributed by atoms with Gasteiger partial charge in [-0.15, -0.1) is 0 Å². The molecule has 18 heavy (non-hydrogen) atoms. The molecular weight excluding hydrogens is 324 g/mol. The minimum Gasteiger partial charge on any atom is -0.398 e. The SMILES string of the molecule is COCC(O)CNS(=O)(=O)c1ccc(N)c(Br)c1. The number of anilines is 1. The number of nitrogens with one attached hydrogen (secondary N) is 1. The van der Waals surface area contributed by atoms with Crippen LogP contribution in [0.25, 0.3) is 0 Å². The molecule has 6 nitrogen and oxygen atoms in total. The van der Waals surface area contributed by atoms with Crippen molar-refractivity contribution in [2.24, 2.45) is 0 Å². The highest BCUT2D eigenvalue weighted by Crippen LogP contribution is 2.22. The van der Waals surface area contributed by atoms with E-state index in [0.717, 1.165) is 0 Å². The molecule has 1 aromatic carbocycles. The van der Waals surface area contributed by atoms with Gasteiger partial charge >= 0.3 is 0 Å². The van der Waals surface area contributed by atoms with Crippen LogP contribution in [-0.2, 0) is 14.8 Å². The Hall–Kier alpha value is -0.670. The van der Waals surface area contributed by atoms with E-state index in [0.29, 0.717) is 10.2 Å². The van der Waals surface area contributed by atoms with Gasteiger partial charge in [0.25, 0.3) is 0 Å². The fourth-order valence-electron chi connectivity index (χ4n) is 1.22. The van der Waals surface area contributed by atoms with E-state index in [4.69, 9.17) is 10.5 Å². The molecule has 0 radical (unpaired) electrons. The molecule has 0 aliphatic carbocycles. The molecule has 0 aliphatic rings. The van der Waals surface area contributed by atoms with Gasteiger partial charge in [-0.1, -0.05) is 0 Å². The van der Waals surface area contributed by atoms with Crippen LogP contribution < -0.4 is 10.5 Å². The summed E-state index contributed by atoms with van der Waals surface area (Å²) in [4.78, 5) is 0.0770. The highest BCUT2D eigenvalue weighted by atomic mass is 79.9. The van der Waals surface area contributed by atoms with E-state index >= 15 is 0 Å². The first-order valence-corrected chi connectivity index (χ1v) is 7.36. The first-order chi connectivity index (χ1) is 8.36. The number of nitrogen functional groups attached to an aromatic ring is 1. The molecule has 1 rings (SSSR count). The van der Waals surface area contributed by atoms with Crippen molar-refractivity contribution in [3.05, 3.63) is 22.7 Å². The number of aliphatic hydroxyl groups is 1. The minimum absolute atomic E-state index is 0.0634. The third-order valence-electron chi connectivity index (χ3n) is 2.15. The number of nitrogens with two attached hydrogens (primary N) is 1. The van der Waals surface area contributed by atoms with Gasteiger partial charge < -0.3 is 15.6 Å². The van der Waals surface area contributed by atoms with Crippen molar-refractivity contribution in [2.75, 3.05) is 26.0 Å². The third-order valence-corrected chi connectivity index (χ3v) is 4.26. The number of aliphatic hydroxyl groups excluding tert-OH is 1. The van der Waals surface area contributed by atoms with Crippen LogP contribution in [0.1, 0.15) is 0 Å². The number of hydrogen-bond donors (Lipinski definition) is 3. The molecule has 0 saturated carbocycles. The summed E-state index contributed by atoms with van der Waals surface area (Å²) >= 11 is 3.16. The van der Waals surface area contributed by atoms with Gasteiger partial charge in [0.2, 0.25) is 10.0 Å². The number of hydrogen-bond acceptors (Lipinski definition) is 5. The lowest BCUT2D eigenvalue weighted by Gasteiger charge is -2.11. The zero-order chi connectivity index (χ0) is 13.8. The van der Waals surface area contributed by atoms with Crippen molar-refractivity contribution in [2.45, 2.75) is 11.0 Å². The van der Waals surface area contributed by atoms with Gasteiger partial charge in [-0.25, -0.2) is 13.1 Å². The fourth-order valence-corrected chi connectivity index (χ4v) is 2.84. The number of methoxy groups -OCH3 is 1. The van der Waals surface area contributed by atoms with E-state index < -0.39 is 16.1 Å². The lowest BCUT2D eigenvalue weighted by atomic mass is 10.3. The van der Waals surface area contributed by atoms with Crippen molar-refractivity contribution in [3.63, 3.8) is 0 Å². The first-order valence-electron chi connectivity index (χ1n) is 5.08. The van der Waals surface area contributed by atoms with Crippen LogP contribution in [0.2, 0.25) is 0 Å². The van der Waals surface area contributed by atoms with Crippen LogP contribution in [0.4, 0.5) is 5.69 Å². The highest BCUT2D eigenvalue weighted by molar-refractivity contribution is 9.10. The number of benzene rings is 1. The molecule has 1 atom stereocenters. The molecule has 0 aliphatic heterocycles. The second-order valence-corrected chi connectivity index (χ2v) is 6.27. The normalized spacial score (nSPS) is 13.5. The Balaban J connectivity index is 2.77. The molecule has 1 unspecified atom stereocenters. The average molecular weight is 339 g/mol. The van der Waals surface area contributed by atoms with Gasteiger partial charge in [0.15, 0.2) is 0 Å². The second kappa shape index (κ2) is 6.48. The topological polar surface area (TPSA) is 102 Å². The summed E-state index contributed by atoms with van der Waals surface area (Å²) in [5.41, 5.74) is 6.03. The maximum Gasteiger partial charge on any atom is 0.240 e. The molecular formula is C10H15BrN2O4S. The van der Waals surface area contributed by atoms with E-state index in [2.05, 4.69) is 20.7 Å². The molecule has 0 spiro atoms. The van der Waals surface area contributed by atoms with Crippen LogP contribution in [0.3, 0.4) is 0 Å². The van der Waals surface area contributed by atoms with Gasteiger partial charge in [-0.05, 0) is 34.1 Å². The Morgan fingerprint density at radius 3 is 2.78 bits per heavy atom. The van der Waals surface area contributed by atoms with Crippen molar-refractivity contribution in [1.29, 1.82) is 0 Å². The van der Waals surface area contributed by atoms with Crippen molar-refractivity contribution < 1.29 is 18.3 Å². The van der Waals surface area contributed by atoms with Gasteiger partial charge in [-0.3, -0.25) is 0 Å². The van der Waals surface area contributed by atoms with Crippen LogP contribution in [-0.4, -0.2) is 39.9 Å². The summed E-state index contributed by atoms with van der Waals surface area (Å²) in [5, 5.41) is 9.38. The molecule has 0 saturated heterocycles. The summed E-state index contributed by atoms with van der Waals surface area (Å²) in [5.74, 6) is 0. The maximum absolute atomic E-state index is 11.9. The zero-order valence-corrected chi connectivity index (χ0v) is 12.2. The Bertz CT molecular complexity index is 507. The lowest BCUT2D eigenvalue weighted by molar-refractivity contribution is 0.0679. The van der Waals surface area contributed by atoms with Crippen LogP contribution in [0, 0.1) is 0 Å². The Morgan fingerprint density at radius 1 is 1.56 bits per heavy atom. The molecule has 0 amide bonds. The number of sulfonamides is 1. The van der Waals surface area contributed by atoms with Crippen LogP contribution in [0.15, 0.2) is 27.6 Å². The average Bonchev–Trinajstić information content (AvgIpc) is 2.30. The van der Waals surface area contributed by atoms with Gasteiger partial charge in [0.05, 0.1) is 17.6 Å². The molecule has 0 aromatic heterocycles.